The molecular weight excluding hydrogens is 240 g/mol. The summed E-state index contributed by atoms with van der Waals surface area (Å²) in [5.74, 6) is 0.243. The standard InChI is InChI=1S/2C6H5OS/c2*1-5(7)6-3-2-4-8-6/h2*2-3H,1H3. The zero-order chi connectivity index (χ0) is 12.0. The van der Waals surface area contributed by atoms with E-state index in [9.17, 15) is 9.59 Å². The number of carbonyl (C=O) groups is 2. The lowest BCUT2D eigenvalue weighted by Gasteiger charge is -1.79. The van der Waals surface area contributed by atoms with Crippen molar-refractivity contribution in [3.63, 3.8) is 0 Å². The van der Waals surface area contributed by atoms with Gasteiger partial charge in [-0.25, -0.2) is 0 Å². The lowest BCUT2D eigenvalue weighted by Crippen LogP contribution is -1.83. The Bertz CT molecular complexity index is 397. The molecule has 0 amide bonds. The van der Waals surface area contributed by atoms with Crippen LogP contribution in [-0.2, 0) is 0 Å². The minimum atomic E-state index is 0.122. The molecule has 0 aliphatic heterocycles. The molecule has 0 unspecified atom stereocenters. The van der Waals surface area contributed by atoms with E-state index < -0.39 is 0 Å². The van der Waals surface area contributed by atoms with Crippen molar-refractivity contribution in [2.24, 2.45) is 0 Å². The molecule has 0 aliphatic rings. The van der Waals surface area contributed by atoms with E-state index in [-0.39, 0.29) is 11.6 Å². The molecule has 2 nitrogen and oxygen atoms in total. The Balaban J connectivity index is 0.000000160. The molecule has 0 spiro atoms. The summed E-state index contributed by atoms with van der Waals surface area (Å²) in [5, 5.41) is 5.66. The maximum absolute atomic E-state index is 10.5. The average molecular weight is 250 g/mol. The molecular formula is C12H10O2S2. The molecule has 16 heavy (non-hydrogen) atoms. The van der Waals surface area contributed by atoms with Crippen LogP contribution in [0.1, 0.15) is 33.2 Å². The van der Waals surface area contributed by atoms with Gasteiger partial charge in [0.25, 0.3) is 0 Å². The summed E-state index contributed by atoms with van der Waals surface area (Å²) in [4.78, 5) is 22.6. The predicted molar refractivity (Wildman–Crippen MR) is 66.3 cm³/mol. The van der Waals surface area contributed by atoms with E-state index in [4.69, 9.17) is 0 Å². The van der Waals surface area contributed by atoms with Crippen LogP contribution in [0.3, 0.4) is 0 Å². The summed E-state index contributed by atoms with van der Waals surface area (Å²) >= 11 is 2.71. The van der Waals surface area contributed by atoms with Crippen LogP contribution in [0.2, 0.25) is 0 Å². The summed E-state index contributed by atoms with van der Waals surface area (Å²) in [6, 6.07) is 7.04. The van der Waals surface area contributed by atoms with Crippen molar-refractivity contribution in [1.82, 2.24) is 0 Å². The van der Waals surface area contributed by atoms with E-state index in [1.807, 2.05) is 0 Å². The van der Waals surface area contributed by atoms with E-state index in [1.54, 1.807) is 38.1 Å². The third-order valence-corrected chi connectivity index (χ3v) is 3.43. The lowest BCUT2D eigenvalue weighted by molar-refractivity contribution is 0.101. The topological polar surface area (TPSA) is 34.1 Å². The van der Waals surface area contributed by atoms with Crippen molar-refractivity contribution in [3.8, 4) is 0 Å². The van der Waals surface area contributed by atoms with E-state index in [0.29, 0.717) is 0 Å². The number of Topliss-reactive ketones (excluding diaryl/α,β-unsaturated/α-hetero) is 2. The quantitative estimate of drug-likeness (QED) is 0.764. The number of hydrogen-bond acceptors (Lipinski definition) is 4. The van der Waals surface area contributed by atoms with Gasteiger partial charge < -0.3 is 0 Å². The summed E-state index contributed by atoms with van der Waals surface area (Å²) in [7, 11) is 0. The first-order valence-electron chi connectivity index (χ1n) is 4.55. The summed E-state index contributed by atoms with van der Waals surface area (Å²) in [6.45, 7) is 3.11. The van der Waals surface area contributed by atoms with Crippen LogP contribution in [0.4, 0.5) is 0 Å². The first-order valence-corrected chi connectivity index (χ1v) is 6.18. The van der Waals surface area contributed by atoms with E-state index in [0.717, 1.165) is 9.75 Å². The van der Waals surface area contributed by atoms with Gasteiger partial charge in [0.1, 0.15) is 0 Å². The minimum Gasteiger partial charge on any atom is -0.294 e. The van der Waals surface area contributed by atoms with E-state index in [2.05, 4.69) is 10.8 Å². The minimum absolute atomic E-state index is 0.122. The molecule has 82 valence electrons. The zero-order valence-corrected chi connectivity index (χ0v) is 10.6. The van der Waals surface area contributed by atoms with Crippen LogP contribution in [0, 0.1) is 10.8 Å². The number of rotatable bonds is 2. The van der Waals surface area contributed by atoms with Gasteiger partial charge in [-0.05, 0) is 38.1 Å². The second-order valence-corrected chi connectivity index (χ2v) is 4.71. The van der Waals surface area contributed by atoms with Crippen molar-refractivity contribution < 1.29 is 9.59 Å². The molecule has 2 aromatic heterocycles. The van der Waals surface area contributed by atoms with Gasteiger partial charge in [-0.2, -0.15) is 0 Å². The van der Waals surface area contributed by atoms with Gasteiger partial charge in [0.15, 0.2) is 11.6 Å². The monoisotopic (exact) mass is 250 g/mol. The van der Waals surface area contributed by atoms with Crippen LogP contribution >= 0.6 is 22.7 Å². The first kappa shape index (κ1) is 12.8. The molecule has 0 atom stereocenters. The molecule has 4 heteroatoms. The van der Waals surface area contributed by atoms with Crippen LogP contribution < -0.4 is 0 Å². The number of hydrogen-bond donors (Lipinski definition) is 0. The summed E-state index contributed by atoms with van der Waals surface area (Å²) in [5.41, 5.74) is 0. The second-order valence-electron chi connectivity index (χ2n) is 2.95. The average Bonchev–Trinajstić information content (AvgIpc) is 2.93. The largest absolute Gasteiger partial charge is 0.294 e. The summed E-state index contributed by atoms with van der Waals surface area (Å²) < 4.78 is 0. The van der Waals surface area contributed by atoms with Crippen LogP contribution in [-0.4, -0.2) is 11.6 Å². The van der Waals surface area contributed by atoms with Crippen molar-refractivity contribution >= 4 is 34.2 Å². The molecule has 0 fully saturated rings. The highest BCUT2D eigenvalue weighted by molar-refractivity contribution is 7.11. The number of ketones is 2. The van der Waals surface area contributed by atoms with Gasteiger partial charge in [-0.3, -0.25) is 9.59 Å². The Morgan fingerprint density at radius 2 is 1.31 bits per heavy atom. The van der Waals surface area contributed by atoms with Crippen LogP contribution in [0.15, 0.2) is 24.3 Å². The Morgan fingerprint density at radius 1 is 0.938 bits per heavy atom. The van der Waals surface area contributed by atoms with Gasteiger partial charge in [0.2, 0.25) is 0 Å². The molecule has 0 saturated carbocycles. The fraction of sp³-hybridized carbons (Fsp3) is 0.167. The van der Waals surface area contributed by atoms with Crippen LogP contribution in [0.25, 0.3) is 0 Å². The van der Waals surface area contributed by atoms with Crippen molar-refractivity contribution in [2.45, 2.75) is 13.8 Å². The van der Waals surface area contributed by atoms with Crippen molar-refractivity contribution in [2.75, 3.05) is 0 Å². The van der Waals surface area contributed by atoms with E-state index >= 15 is 0 Å². The smallest absolute Gasteiger partial charge is 0.169 e. The Labute approximate surface area is 103 Å². The Morgan fingerprint density at radius 3 is 1.44 bits per heavy atom. The van der Waals surface area contributed by atoms with Gasteiger partial charge in [-0.15, -0.1) is 22.7 Å². The summed E-state index contributed by atoms with van der Waals surface area (Å²) in [6.07, 6.45) is 0. The number of thiophene rings is 2. The molecule has 2 heterocycles. The molecule has 0 aliphatic carbocycles. The highest BCUT2D eigenvalue weighted by Crippen LogP contribution is 2.07. The van der Waals surface area contributed by atoms with Gasteiger partial charge >= 0.3 is 0 Å². The van der Waals surface area contributed by atoms with Gasteiger partial charge in [0, 0.05) is 10.8 Å². The Kier molecular flexibility index (Phi) is 5.08. The Hall–Kier alpha value is -1.26. The van der Waals surface area contributed by atoms with Gasteiger partial charge in [-0.1, -0.05) is 0 Å². The molecule has 2 radical (unpaired) electrons. The molecule has 0 N–H and O–H groups in total. The molecule has 0 saturated heterocycles. The highest BCUT2D eigenvalue weighted by Gasteiger charge is 1.96. The maximum atomic E-state index is 10.5. The van der Waals surface area contributed by atoms with Crippen LogP contribution in [0.5, 0.6) is 0 Å². The van der Waals surface area contributed by atoms with Gasteiger partial charge in [0.05, 0.1) is 9.75 Å². The number of carbonyl (C=O) groups excluding carboxylic acids is 2. The van der Waals surface area contributed by atoms with Crippen molar-refractivity contribution in [1.29, 1.82) is 0 Å². The van der Waals surface area contributed by atoms with E-state index in [1.165, 1.54) is 22.7 Å². The second kappa shape index (κ2) is 6.35. The molecule has 0 bridgehead atoms. The highest BCUT2D eigenvalue weighted by atomic mass is 32.1. The predicted octanol–water partition coefficient (Wildman–Crippen LogP) is 3.50. The molecule has 0 aromatic carbocycles. The van der Waals surface area contributed by atoms with Crippen molar-refractivity contribution in [3.05, 3.63) is 44.8 Å². The molecule has 2 rings (SSSR count). The SMILES string of the molecule is CC(=O)c1cc[c]s1.CC(=O)c1cc[c]s1. The normalized spacial score (nSPS) is 9.12. The molecule has 2 aromatic rings. The third kappa shape index (κ3) is 4.08. The fourth-order valence-electron chi connectivity index (χ4n) is 0.861. The lowest BCUT2D eigenvalue weighted by atomic mass is 10.4. The zero-order valence-electron chi connectivity index (χ0n) is 8.94. The third-order valence-electron chi connectivity index (χ3n) is 1.64. The fourth-order valence-corrected chi connectivity index (χ4v) is 1.95. The maximum Gasteiger partial charge on any atom is 0.169 e. The first-order chi connectivity index (χ1) is 7.61.